The highest BCUT2D eigenvalue weighted by molar-refractivity contribution is 5.36. The van der Waals surface area contributed by atoms with Crippen LogP contribution in [0.25, 0.3) is 0 Å². The van der Waals surface area contributed by atoms with Crippen LogP contribution in [0.3, 0.4) is 0 Å². The topological polar surface area (TPSA) is 67.3 Å². The zero-order valence-corrected chi connectivity index (χ0v) is 9.10. The van der Waals surface area contributed by atoms with Gasteiger partial charge in [-0.05, 0) is 25.0 Å². The van der Waals surface area contributed by atoms with E-state index in [4.69, 9.17) is 9.84 Å². The zero-order valence-electron chi connectivity index (χ0n) is 9.10. The number of aromatic nitrogens is 2. The Bertz CT molecular complexity index is 288. The van der Waals surface area contributed by atoms with E-state index in [1.54, 1.807) is 13.3 Å². The lowest BCUT2D eigenvalue weighted by molar-refractivity contribution is 0.170. The lowest BCUT2D eigenvalue weighted by atomic mass is 10.2. The Hall–Kier alpha value is -1.20. The second-order valence-electron chi connectivity index (χ2n) is 3.43. The van der Waals surface area contributed by atoms with Crippen molar-refractivity contribution in [1.29, 1.82) is 0 Å². The van der Waals surface area contributed by atoms with E-state index in [0.29, 0.717) is 18.8 Å². The summed E-state index contributed by atoms with van der Waals surface area (Å²) in [6.07, 6.45) is 2.33. The van der Waals surface area contributed by atoms with Gasteiger partial charge in [-0.15, -0.1) is 5.10 Å². The predicted molar refractivity (Wildman–Crippen MR) is 57.8 cm³/mol. The summed E-state index contributed by atoms with van der Waals surface area (Å²) in [5, 5.41) is 19.8. The van der Waals surface area contributed by atoms with E-state index in [-0.39, 0.29) is 12.6 Å². The third kappa shape index (κ3) is 4.22. The fourth-order valence-corrected chi connectivity index (χ4v) is 1.30. The molecule has 0 amide bonds. The quantitative estimate of drug-likeness (QED) is 0.721. The molecular formula is C10H17N3O2. The Morgan fingerprint density at radius 1 is 1.60 bits per heavy atom. The standard InChI is InChI=1S/C10H17N3O2/c1-8-5-10(13-11-6-8)12-9(3-4-14)7-15-2/h5-6,9,14H,3-4,7H2,1-2H3,(H,12,13). The van der Waals surface area contributed by atoms with Gasteiger partial charge < -0.3 is 15.2 Å². The molecule has 1 aromatic rings. The van der Waals surface area contributed by atoms with Gasteiger partial charge in [0.15, 0.2) is 0 Å². The number of methoxy groups -OCH3 is 1. The van der Waals surface area contributed by atoms with E-state index in [9.17, 15) is 0 Å². The maximum absolute atomic E-state index is 8.86. The Morgan fingerprint density at radius 2 is 2.40 bits per heavy atom. The van der Waals surface area contributed by atoms with Crippen LogP contribution in [0.1, 0.15) is 12.0 Å². The first-order valence-corrected chi connectivity index (χ1v) is 4.92. The molecule has 0 aromatic carbocycles. The fourth-order valence-electron chi connectivity index (χ4n) is 1.30. The monoisotopic (exact) mass is 211 g/mol. The molecule has 2 N–H and O–H groups in total. The van der Waals surface area contributed by atoms with Gasteiger partial charge in [0.2, 0.25) is 0 Å². The van der Waals surface area contributed by atoms with E-state index in [1.165, 1.54) is 0 Å². The molecule has 0 aliphatic heterocycles. The molecule has 84 valence electrons. The fraction of sp³-hybridized carbons (Fsp3) is 0.600. The lowest BCUT2D eigenvalue weighted by Crippen LogP contribution is -2.26. The minimum Gasteiger partial charge on any atom is -0.396 e. The van der Waals surface area contributed by atoms with Crippen LogP contribution in [0, 0.1) is 6.92 Å². The van der Waals surface area contributed by atoms with E-state index in [2.05, 4.69) is 15.5 Å². The third-order valence-electron chi connectivity index (χ3n) is 1.99. The first-order chi connectivity index (χ1) is 7.26. The van der Waals surface area contributed by atoms with E-state index >= 15 is 0 Å². The maximum atomic E-state index is 8.86. The highest BCUT2D eigenvalue weighted by atomic mass is 16.5. The second-order valence-corrected chi connectivity index (χ2v) is 3.43. The van der Waals surface area contributed by atoms with E-state index in [0.717, 1.165) is 5.56 Å². The summed E-state index contributed by atoms with van der Waals surface area (Å²) in [7, 11) is 1.63. The van der Waals surface area contributed by atoms with Crippen molar-refractivity contribution in [2.45, 2.75) is 19.4 Å². The Labute approximate surface area is 89.5 Å². The zero-order chi connectivity index (χ0) is 11.1. The molecule has 5 heteroatoms. The molecule has 1 aromatic heterocycles. The van der Waals surface area contributed by atoms with Gasteiger partial charge in [0.25, 0.3) is 0 Å². The molecular weight excluding hydrogens is 194 g/mol. The molecule has 1 unspecified atom stereocenters. The van der Waals surface area contributed by atoms with E-state index in [1.807, 2.05) is 13.0 Å². The van der Waals surface area contributed by atoms with Gasteiger partial charge in [-0.3, -0.25) is 0 Å². The van der Waals surface area contributed by atoms with Crippen molar-refractivity contribution >= 4 is 5.82 Å². The second kappa shape index (κ2) is 6.31. The van der Waals surface area contributed by atoms with Crippen LogP contribution in [0.2, 0.25) is 0 Å². The van der Waals surface area contributed by atoms with Gasteiger partial charge in [0, 0.05) is 13.7 Å². The van der Waals surface area contributed by atoms with Gasteiger partial charge in [0.05, 0.1) is 18.8 Å². The van der Waals surface area contributed by atoms with Crippen LogP contribution in [0.4, 0.5) is 5.82 Å². The van der Waals surface area contributed by atoms with Crippen LogP contribution in [-0.2, 0) is 4.74 Å². The Kier molecular flexibility index (Phi) is 5.00. The van der Waals surface area contributed by atoms with Gasteiger partial charge in [0.1, 0.15) is 5.82 Å². The highest BCUT2D eigenvalue weighted by Gasteiger charge is 2.08. The number of aryl methyl sites for hydroxylation is 1. The number of rotatable bonds is 6. The molecule has 1 rings (SSSR count). The number of aliphatic hydroxyl groups is 1. The van der Waals surface area contributed by atoms with Crippen molar-refractivity contribution in [3.63, 3.8) is 0 Å². The van der Waals surface area contributed by atoms with Crippen LogP contribution in [0.5, 0.6) is 0 Å². The first-order valence-electron chi connectivity index (χ1n) is 4.92. The molecule has 0 spiro atoms. The average Bonchev–Trinajstić information content (AvgIpc) is 2.18. The number of ether oxygens (including phenoxy) is 1. The molecule has 5 nitrogen and oxygen atoms in total. The van der Waals surface area contributed by atoms with Crippen molar-refractivity contribution in [3.05, 3.63) is 17.8 Å². The molecule has 1 atom stereocenters. The summed E-state index contributed by atoms with van der Waals surface area (Å²) < 4.78 is 5.04. The van der Waals surface area contributed by atoms with Crippen LogP contribution in [-0.4, -0.2) is 41.7 Å². The first kappa shape index (κ1) is 11.9. The van der Waals surface area contributed by atoms with Crippen LogP contribution < -0.4 is 5.32 Å². The highest BCUT2D eigenvalue weighted by Crippen LogP contribution is 2.07. The number of aliphatic hydroxyl groups excluding tert-OH is 1. The summed E-state index contributed by atoms with van der Waals surface area (Å²) >= 11 is 0. The van der Waals surface area contributed by atoms with Crippen molar-refractivity contribution < 1.29 is 9.84 Å². The summed E-state index contributed by atoms with van der Waals surface area (Å²) in [5.74, 6) is 0.713. The summed E-state index contributed by atoms with van der Waals surface area (Å²) in [4.78, 5) is 0. The number of nitrogens with one attached hydrogen (secondary N) is 1. The largest absolute Gasteiger partial charge is 0.396 e. The van der Waals surface area contributed by atoms with Gasteiger partial charge in [-0.2, -0.15) is 5.10 Å². The number of anilines is 1. The molecule has 0 fully saturated rings. The minimum absolute atomic E-state index is 0.0658. The number of nitrogens with zero attached hydrogens (tertiary/aromatic N) is 2. The van der Waals surface area contributed by atoms with Gasteiger partial charge >= 0.3 is 0 Å². The normalized spacial score (nSPS) is 12.5. The lowest BCUT2D eigenvalue weighted by Gasteiger charge is -2.16. The Morgan fingerprint density at radius 3 is 3.00 bits per heavy atom. The molecule has 0 saturated carbocycles. The molecule has 15 heavy (non-hydrogen) atoms. The van der Waals surface area contributed by atoms with Crippen molar-refractivity contribution in [2.75, 3.05) is 25.6 Å². The van der Waals surface area contributed by atoms with Gasteiger partial charge in [-0.1, -0.05) is 0 Å². The van der Waals surface area contributed by atoms with Crippen molar-refractivity contribution in [2.24, 2.45) is 0 Å². The summed E-state index contributed by atoms with van der Waals surface area (Å²) in [5.41, 5.74) is 1.05. The van der Waals surface area contributed by atoms with Crippen molar-refractivity contribution in [1.82, 2.24) is 10.2 Å². The molecule has 0 aliphatic carbocycles. The van der Waals surface area contributed by atoms with E-state index < -0.39 is 0 Å². The SMILES string of the molecule is COCC(CCO)Nc1cc(C)cnn1. The molecule has 0 saturated heterocycles. The summed E-state index contributed by atoms with van der Waals surface area (Å²) in [6, 6.07) is 1.98. The summed E-state index contributed by atoms with van der Waals surface area (Å²) in [6.45, 7) is 2.62. The van der Waals surface area contributed by atoms with Crippen LogP contribution >= 0.6 is 0 Å². The molecule has 0 radical (unpaired) electrons. The molecule has 0 aliphatic rings. The maximum Gasteiger partial charge on any atom is 0.149 e. The number of hydrogen-bond donors (Lipinski definition) is 2. The van der Waals surface area contributed by atoms with Crippen molar-refractivity contribution in [3.8, 4) is 0 Å². The third-order valence-corrected chi connectivity index (χ3v) is 1.99. The molecule has 1 heterocycles. The molecule has 0 bridgehead atoms. The minimum atomic E-state index is 0.0658. The van der Waals surface area contributed by atoms with Gasteiger partial charge in [-0.25, -0.2) is 0 Å². The number of hydrogen-bond acceptors (Lipinski definition) is 5. The Balaban J connectivity index is 2.56. The average molecular weight is 211 g/mol. The predicted octanol–water partition coefficient (Wildman–Crippen LogP) is 0.594. The smallest absolute Gasteiger partial charge is 0.149 e. The van der Waals surface area contributed by atoms with Crippen LogP contribution in [0.15, 0.2) is 12.3 Å².